The Labute approximate surface area is 113 Å². The van der Waals surface area contributed by atoms with Gasteiger partial charge >= 0.3 is 15.3 Å². The van der Waals surface area contributed by atoms with Gasteiger partial charge in [0, 0.05) is 6.42 Å². The molecule has 0 fully saturated rings. The smallest absolute Gasteiger partial charge is 0.319 e. The summed E-state index contributed by atoms with van der Waals surface area (Å²) < 4.78 is 25.8. The maximum atomic E-state index is 11.4. The van der Waals surface area contributed by atoms with Crippen LogP contribution in [0.1, 0.15) is 58.3 Å². The first kappa shape index (κ1) is 19.0. The molecule has 0 rings (SSSR count). The van der Waals surface area contributed by atoms with E-state index in [4.69, 9.17) is 9.79 Å². The summed E-state index contributed by atoms with van der Waals surface area (Å²) in [6.45, 7) is 2.12. The predicted molar refractivity (Wildman–Crippen MR) is 72.5 cm³/mol. The number of unbranched alkanes of at least 4 members (excludes halogenated alkanes) is 6. The van der Waals surface area contributed by atoms with E-state index in [1.807, 2.05) is 0 Å². The predicted octanol–water partition coefficient (Wildman–Crippen LogP) is 2.91. The Kier molecular flexibility index (Phi) is 8.99. The second-order valence-corrected chi connectivity index (χ2v) is 7.75. The number of carbonyl (C=O) groups excluding carboxylic acids is 1. The van der Waals surface area contributed by atoms with Gasteiger partial charge in [0.15, 0.2) is 0 Å². The Morgan fingerprint density at radius 3 is 2.00 bits per heavy atom. The molecule has 0 aliphatic heterocycles. The van der Waals surface area contributed by atoms with Gasteiger partial charge in [0.25, 0.3) is 0 Å². The SMILES string of the molecule is CCCCCCCCCC(=O)P(=O)(O)OP(N)(=O)O. The van der Waals surface area contributed by atoms with Crippen molar-refractivity contribution in [2.75, 3.05) is 0 Å². The number of hydrogen-bond acceptors (Lipinski definition) is 4. The highest BCUT2D eigenvalue weighted by atomic mass is 31.3. The highest BCUT2D eigenvalue weighted by Gasteiger charge is 2.36. The molecule has 0 radical (unpaired) electrons. The van der Waals surface area contributed by atoms with Crippen molar-refractivity contribution in [2.45, 2.75) is 58.3 Å². The van der Waals surface area contributed by atoms with E-state index < -0.39 is 20.9 Å². The lowest BCUT2D eigenvalue weighted by molar-refractivity contribution is -0.113. The normalized spacial score (nSPS) is 17.7. The molecule has 2 atom stereocenters. The Morgan fingerprint density at radius 2 is 1.53 bits per heavy atom. The van der Waals surface area contributed by atoms with Crippen LogP contribution >= 0.6 is 15.3 Å². The zero-order valence-corrected chi connectivity index (χ0v) is 12.9. The van der Waals surface area contributed by atoms with Crippen LogP contribution in [0.3, 0.4) is 0 Å². The molecule has 2 unspecified atom stereocenters. The summed E-state index contributed by atoms with van der Waals surface area (Å²) >= 11 is 0. The molecular formula is C10H23NO6P2. The number of rotatable bonds is 11. The van der Waals surface area contributed by atoms with Gasteiger partial charge in [-0.2, -0.15) is 0 Å². The van der Waals surface area contributed by atoms with Crippen molar-refractivity contribution in [3.05, 3.63) is 0 Å². The minimum Gasteiger partial charge on any atom is -0.319 e. The van der Waals surface area contributed by atoms with Crippen LogP contribution in [-0.4, -0.2) is 15.3 Å². The Morgan fingerprint density at radius 1 is 1.05 bits per heavy atom. The van der Waals surface area contributed by atoms with Gasteiger partial charge in [-0.3, -0.25) is 9.36 Å². The first-order valence-corrected chi connectivity index (χ1v) is 9.60. The second kappa shape index (κ2) is 9.01. The largest absolute Gasteiger partial charge is 0.407 e. The molecule has 114 valence electrons. The lowest BCUT2D eigenvalue weighted by Crippen LogP contribution is -2.05. The summed E-state index contributed by atoms with van der Waals surface area (Å²) in [5.74, 6) is 0. The molecule has 0 spiro atoms. The third-order valence-electron chi connectivity index (χ3n) is 2.54. The molecule has 0 amide bonds. The molecular weight excluding hydrogens is 292 g/mol. The standard InChI is InChI=1S/C10H23NO6P2/c1-2-3-4-5-6-7-8-9-10(12)18(13,14)17-19(11,15)16/h2-9H2,1H3,(H,13,14)(H3,11,15,16). The number of hydrogen-bond donors (Lipinski definition) is 3. The van der Waals surface area contributed by atoms with Crippen molar-refractivity contribution in [2.24, 2.45) is 5.50 Å². The van der Waals surface area contributed by atoms with Crippen LogP contribution in [-0.2, 0) is 18.2 Å². The molecule has 19 heavy (non-hydrogen) atoms. The van der Waals surface area contributed by atoms with Crippen molar-refractivity contribution in [3.63, 3.8) is 0 Å². The van der Waals surface area contributed by atoms with Crippen molar-refractivity contribution in [3.8, 4) is 0 Å². The van der Waals surface area contributed by atoms with Crippen LogP contribution in [0.4, 0.5) is 0 Å². The summed E-state index contributed by atoms with van der Waals surface area (Å²) in [4.78, 5) is 29.1. The molecule has 0 aliphatic rings. The van der Waals surface area contributed by atoms with Gasteiger partial charge in [-0.05, 0) is 6.42 Å². The summed E-state index contributed by atoms with van der Waals surface area (Å²) in [5.41, 5.74) is 3.52. The fourth-order valence-electron chi connectivity index (χ4n) is 1.58. The summed E-state index contributed by atoms with van der Waals surface area (Å²) in [5, 5.41) is 0. The first-order chi connectivity index (χ1) is 8.69. The number of nitrogens with two attached hydrogens (primary N) is 1. The topological polar surface area (TPSA) is 127 Å². The first-order valence-electron chi connectivity index (χ1n) is 6.38. The maximum absolute atomic E-state index is 11.4. The third kappa shape index (κ3) is 10.4. The quantitative estimate of drug-likeness (QED) is 0.395. The lowest BCUT2D eigenvalue weighted by atomic mass is 10.1. The molecule has 4 N–H and O–H groups in total. The summed E-state index contributed by atoms with van der Waals surface area (Å²) in [7, 11) is -9.38. The van der Waals surface area contributed by atoms with Crippen molar-refractivity contribution < 1.29 is 28.0 Å². The minimum atomic E-state index is -4.75. The molecule has 0 aromatic heterocycles. The molecule has 0 bridgehead atoms. The monoisotopic (exact) mass is 315 g/mol. The van der Waals surface area contributed by atoms with Crippen LogP contribution in [0.25, 0.3) is 0 Å². The van der Waals surface area contributed by atoms with E-state index in [0.29, 0.717) is 6.42 Å². The van der Waals surface area contributed by atoms with E-state index in [1.54, 1.807) is 0 Å². The Hall–Kier alpha value is -0.0300. The Bertz CT molecular complexity index is 367. The molecule has 9 heteroatoms. The van der Waals surface area contributed by atoms with Crippen molar-refractivity contribution >= 4 is 20.9 Å². The molecule has 0 aromatic carbocycles. The van der Waals surface area contributed by atoms with E-state index in [9.17, 15) is 13.9 Å². The van der Waals surface area contributed by atoms with Gasteiger partial charge in [0.1, 0.15) is 0 Å². The van der Waals surface area contributed by atoms with Gasteiger partial charge in [0.05, 0.1) is 0 Å². The molecule has 0 saturated heterocycles. The Balaban J connectivity index is 3.85. The lowest BCUT2D eigenvalue weighted by Gasteiger charge is -2.11. The van der Waals surface area contributed by atoms with E-state index in [-0.39, 0.29) is 6.42 Å². The van der Waals surface area contributed by atoms with E-state index >= 15 is 0 Å². The van der Waals surface area contributed by atoms with Gasteiger partial charge in [-0.15, -0.1) is 0 Å². The molecule has 0 aromatic rings. The summed E-state index contributed by atoms with van der Waals surface area (Å²) in [6.07, 6.45) is 6.59. The average molecular weight is 315 g/mol. The highest BCUT2D eigenvalue weighted by Crippen LogP contribution is 2.56. The van der Waals surface area contributed by atoms with E-state index in [0.717, 1.165) is 32.1 Å². The van der Waals surface area contributed by atoms with Gasteiger partial charge in [0.2, 0.25) is 5.52 Å². The minimum absolute atomic E-state index is 0.151. The van der Waals surface area contributed by atoms with Gasteiger partial charge < -0.3 is 9.79 Å². The van der Waals surface area contributed by atoms with Gasteiger partial charge in [-0.1, -0.05) is 45.4 Å². The zero-order valence-electron chi connectivity index (χ0n) is 11.2. The van der Waals surface area contributed by atoms with Gasteiger partial charge in [-0.25, -0.2) is 14.4 Å². The van der Waals surface area contributed by atoms with E-state index in [2.05, 4.69) is 16.7 Å². The molecule has 7 nitrogen and oxygen atoms in total. The van der Waals surface area contributed by atoms with Crippen LogP contribution in [0.5, 0.6) is 0 Å². The number of carbonyl (C=O) groups is 1. The van der Waals surface area contributed by atoms with Crippen LogP contribution in [0, 0.1) is 0 Å². The average Bonchev–Trinajstić information content (AvgIpc) is 2.24. The van der Waals surface area contributed by atoms with Crippen LogP contribution in [0.15, 0.2) is 0 Å². The third-order valence-corrected chi connectivity index (χ3v) is 5.21. The zero-order chi connectivity index (χ0) is 14.9. The highest BCUT2D eigenvalue weighted by molar-refractivity contribution is 7.76. The molecule has 0 heterocycles. The van der Waals surface area contributed by atoms with Crippen LogP contribution in [0.2, 0.25) is 0 Å². The van der Waals surface area contributed by atoms with Crippen molar-refractivity contribution in [1.29, 1.82) is 0 Å². The maximum Gasteiger partial charge on any atom is 0.407 e. The second-order valence-electron chi connectivity index (χ2n) is 4.43. The van der Waals surface area contributed by atoms with E-state index in [1.165, 1.54) is 6.42 Å². The van der Waals surface area contributed by atoms with Crippen LogP contribution < -0.4 is 5.50 Å². The fourth-order valence-corrected chi connectivity index (χ4v) is 3.65. The molecule has 0 saturated carbocycles. The van der Waals surface area contributed by atoms with Crippen molar-refractivity contribution in [1.82, 2.24) is 0 Å². The fraction of sp³-hybridized carbons (Fsp3) is 0.900. The summed E-state index contributed by atoms with van der Waals surface area (Å²) in [6, 6.07) is 0. The molecule has 0 aliphatic carbocycles.